The molecule has 1 aromatic heterocycles. The molecule has 2 nitrogen and oxygen atoms in total. The first kappa shape index (κ1) is 12.4. The Bertz CT molecular complexity index is 426. The molecule has 2 aromatic rings. The molecule has 0 amide bonds. The van der Waals surface area contributed by atoms with Gasteiger partial charge in [-0.2, -0.15) is 5.26 Å². The lowest BCUT2D eigenvalue weighted by Crippen LogP contribution is -1.63. The molecule has 1 heterocycles. The van der Waals surface area contributed by atoms with Crippen LogP contribution in [0.5, 0.6) is 0 Å². The second kappa shape index (κ2) is 6.72. The minimum Gasteiger partial charge on any atom is -0.230 e. The number of para-hydroxylation sites is 1. The number of thiazole rings is 1. The Labute approximate surface area is 103 Å². The van der Waals surface area contributed by atoms with Gasteiger partial charge in [-0.3, -0.25) is 0 Å². The van der Waals surface area contributed by atoms with E-state index in [-0.39, 0.29) is 0 Å². The highest BCUT2D eigenvalue weighted by Gasteiger charge is 1.96. The van der Waals surface area contributed by atoms with Crippen molar-refractivity contribution < 1.29 is 0 Å². The van der Waals surface area contributed by atoms with E-state index in [1.165, 1.54) is 16.5 Å². The van der Waals surface area contributed by atoms with E-state index in [9.17, 15) is 0 Å². The van der Waals surface area contributed by atoms with E-state index in [1.807, 2.05) is 36.6 Å². The Morgan fingerprint density at radius 2 is 2.27 bits per heavy atom. The van der Waals surface area contributed by atoms with Gasteiger partial charge in [0, 0.05) is 5.75 Å². The molecule has 0 radical (unpaired) electrons. The normalized spacial score (nSPS) is 9.13. The molecule has 0 aliphatic heterocycles. The molecule has 0 unspecified atom stereocenters. The molecule has 0 aliphatic carbocycles. The molecule has 78 valence electrons. The smallest absolute Gasteiger partial charge is 0.148 e. The lowest BCUT2D eigenvalue weighted by Gasteiger charge is -1.80. The number of benzene rings is 1. The number of hydrogen-bond acceptors (Lipinski definition) is 5. The lowest BCUT2D eigenvalue weighted by atomic mass is 10.3. The zero-order chi connectivity index (χ0) is 11.1. The van der Waals surface area contributed by atoms with Crippen LogP contribution in [0.15, 0.2) is 28.6 Å². The summed E-state index contributed by atoms with van der Waals surface area (Å²) >= 11 is 7.02. The van der Waals surface area contributed by atoms with Gasteiger partial charge >= 0.3 is 0 Å². The van der Waals surface area contributed by atoms with Crippen molar-refractivity contribution in [3.8, 4) is 5.40 Å². The summed E-state index contributed by atoms with van der Waals surface area (Å²) in [6, 6.07) is 8.03. The van der Waals surface area contributed by atoms with Crippen LogP contribution in [0.4, 0.5) is 0 Å². The molecule has 5 heteroatoms. The predicted octanol–water partition coefficient (Wildman–Crippen LogP) is 3.81. The molecule has 2 rings (SSSR count). The molecule has 0 saturated carbocycles. The van der Waals surface area contributed by atoms with Crippen LogP contribution in [-0.2, 0) is 0 Å². The van der Waals surface area contributed by atoms with Gasteiger partial charge < -0.3 is 0 Å². The number of hydrogen-bond donors (Lipinski definition) is 1. The summed E-state index contributed by atoms with van der Waals surface area (Å²) in [5, 5.41) is 9.71. The van der Waals surface area contributed by atoms with E-state index in [2.05, 4.69) is 17.6 Å². The predicted molar refractivity (Wildman–Crippen MR) is 70.6 cm³/mol. The van der Waals surface area contributed by atoms with E-state index in [0.717, 1.165) is 15.6 Å². The fourth-order valence-corrected chi connectivity index (χ4v) is 2.16. The van der Waals surface area contributed by atoms with Crippen LogP contribution in [0.25, 0.3) is 10.2 Å². The fraction of sp³-hybridized carbons (Fsp3) is 0.200. The maximum atomic E-state index is 7.78. The first-order valence-electron chi connectivity index (χ1n) is 4.33. The summed E-state index contributed by atoms with van der Waals surface area (Å²) in [6.07, 6.45) is 0. The third kappa shape index (κ3) is 4.12. The molecule has 0 saturated heterocycles. The minimum absolute atomic E-state index is 0.834. The zero-order valence-electron chi connectivity index (χ0n) is 8.17. The maximum Gasteiger partial charge on any atom is 0.148 e. The number of nitrogens with zero attached hydrogens (tertiary/aromatic N) is 2. The Morgan fingerprint density at radius 1 is 1.53 bits per heavy atom. The van der Waals surface area contributed by atoms with Crippen molar-refractivity contribution in [1.82, 2.24) is 4.98 Å². The number of aromatic nitrogens is 1. The first-order valence-corrected chi connectivity index (χ1v) is 6.58. The van der Waals surface area contributed by atoms with Crippen LogP contribution < -0.4 is 0 Å². The van der Waals surface area contributed by atoms with Gasteiger partial charge in [0.25, 0.3) is 0 Å². The molecule has 0 bridgehead atoms. The van der Waals surface area contributed by atoms with Crippen molar-refractivity contribution in [3.05, 3.63) is 24.3 Å². The fourth-order valence-electron chi connectivity index (χ4n) is 0.925. The van der Waals surface area contributed by atoms with Gasteiger partial charge in [0.2, 0.25) is 0 Å². The summed E-state index contributed by atoms with van der Waals surface area (Å²) in [7, 11) is 0. The van der Waals surface area contributed by atoms with E-state index in [1.54, 1.807) is 11.3 Å². The summed E-state index contributed by atoms with van der Waals surface area (Å²) in [5.41, 5.74) is 1.04. The van der Waals surface area contributed by atoms with E-state index in [4.69, 9.17) is 5.26 Å². The Balaban J connectivity index is 0.000000195. The van der Waals surface area contributed by atoms with Crippen molar-refractivity contribution in [2.45, 2.75) is 11.3 Å². The molecule has 0 fully saturated rings. The molecule has 0 atom stereocenters. The standard InChI is InChI=1S/C7H5NS2.C3H5NS/c9-7-8-5-3-1-2-4-6(5)10-7;1-2-5-3-4/h1-4H,(H,8,9);2H2,1H3. The average molecular weight is 254 g/mol. The Hall–Kier alpha value is -0.700. The highest BCUT2D eigenvalue weighted by molar-refractivity contribution is 8.03. The number of thioether (sulfide) groups is 1. The molecular weight excluding hydrogens is 244 g/mol. The number of thiol groups is 1. The summed E-state index contributed by atoms with van der Waals surface area (Å²) in [6.45, 7) is 1.95. The summed E-state index contributed by atoms with van der Waals surface area (Å²) in [4.78, 5) is 4.20. The topological polar surface area (TPSA) is 36.7 Å². The van der Waals surface area contributed by atoms with Crippen LogP contribution >= 0.6 is 35.7 Å². The average Bonchev–Trinajstić information content (AvgIpc) is 2.60. The van der Waals surface area contributed by atoms with Gasteiger partial charge in [-0.05, 0) is 23.9 Å². The molecule has 1 aromatic carbocycles. The van der Waals surface area contributed by atoms with Crippen molar-refractivity contribution in [2.24, 2.45) is 0 Å². The molecule has 0 spiro atoms. The molecule has 0 N–H and O–H groups in total. The highest BCUT2D eigenvalue weighted by Crippen LogP contribution is 2.23. The van der Waals surface area contributed by atoms with Crippen LogP contribution in [0.1, 0.15) is 6.92 Å². The van der Waals surface area contributed by atoms with E-state index in [0.29, 0.717) is 0 Å². The Morgan fingerprint density at radius 3 is 2.80 bits per heavy atom. The SMILES string of the molecule is CCSC#N.Sc1nc2ccccc2s1. The van der Waals surface area contributed by atoms with Gasteiger partial charge in [-0.1, -0.05) is 19.1 Å². The number of nitriles is 1. The minimum atomic E-state index is 0.834. The Kier molecular flexibility index (Phi) is 5.54. The van der Waals surface area contributed by atoms with Crippen LogP contribution in [-0.4, -0.2) is 10.7 Å². The van der Waals surface area contributed by atoms with Gasteiger partial charge in [0.15, 0.2) is 0 Å². The van der Waals surface area contributed by atoms with Crippen molar-refractivity contribution in [3.63, 3.8) is 0 Å². The second-order valence-electron chi connectivity index (χ2n) is 2.49. The number of thiocyanates is 1. The maximum absolute atomic E-state index is 7.78. The van der Waals surface area contributed by atoms with Gasteiger partial charge in [0.05, 0.1) is 10.2 Å². The van der Waals surface area contributed by atoms with Crippen LogP contribution in [0.3, 0.4) is 0 Å². The van der Waals surface area contributed by atoms with Crippen molar-refractivity contribution >= 4 is 45.9 Å². The van der Waals surface area contributed by atoms with Gasteiger partial charge in [0.1, 0.15) is 9.74 Å². The van der Waals surface area contributed by atoms with E-state index >= 15 is 0 Å². The zero-order valence-corrected chi connectivity index (χ0v) is 10.7. The summed E-state index contributed by atoms with van der Waals surface area (Å²) in [5.74, 6) is 0.899. The van der Waals surface area contributed by atoms with Crippen LogP contribution in [0.2, 0.25) is 0 Å². The molecular formula is C10H10N2S3. The van der Waals surface area contributed by atoms with Gasteiger partial charge in [-0.15, -0.1) is 24.0 Å². The number of fused-ring (bicyclic) bond motifs is 1. The van der Waals surface area contributed by atoms with Crippen molar-refractivity contribution in [2.75, 3.05) is 5.75 Å². The van der Waals surface area contributed by atoms with Gasteiger partial charge in [-0.25, -0.2) is 4.98 Å². The third-order valence-electron chi connectivity index (χ3n) is 1.49. The van der Waals surface area contributed by atoms with Crippen LogP contribution in [0, 0.1) is 10.7 Å². The van der Waals surface area contributed by atoms with Crippen molar-refractivity contribution in [1.29, 1.82) is 5.26 Å². The second-order valence-corrected chi connectivity index (χ2v) is 5.29. The monoisotopic (exact) mass is 254 g/mol. The highest BCUT2D eigenvalue weighted by atomic mass is 32.2. The summed E-state index contributed by atoms with van der Waals surface area (Å²) < 4.78 is 2.04. The number of rotatable bonds is 1. The quantitative estimate of drug-likeness (QED) is 0.621. The largest absolute Gasteiger partial charge is 0.230 e. The first-order chi connectivity index (χ1) is 7.27. The molecule has 15 heavy (non-hydrogen) atoms. The van der Waals surface area contributed by atoms with E-state index < -0.39 is 0 Å². The third-order valence-corrected chi connectivity index (χ3v) is 3.12. The molecule has 0 aliphatic rings. The lowest BCUT2D eigenvalue weighted by molar-refractivity contribution is 1.31.